The molecule has 0 atom stereocenters. The van der Waals surface area contributed by atoms with Crippen LogP contribution in [-0.4, -0.2) is 16.9 Å². The van der Waals surface area contributed by atoms with Gasteiger partial charge in [0.25, 0.3) is 0 Å². The van der Waals surface area contributed by atoms with E-state index < -0.39 is 5.97 Å². The van der Waals surface area contributed by atoms with Crippen LogP contribution >= 0.6 is 0 Å². The van der Waals surface area contributed by atoms with Crippen molar-refractivity contribution < 1.29 is 14.7 Å². The van der Waals surface area contributed by atoms with Crippen LogP contribution in [0.25, 0.3) is 0 Å². The summed E-state index contributed by atoms with van der Waals surface area (Å²) in [6, 6.07) is 0. The highest BCUT2D eigenvalue weighted by atomic mass is 16.4. The Labute approximate surface area is 130 Å². The summed E-state index contributed by atoms with van der Waals surface area (Å²) >= 11 is 0. The Kier molecular flexibility index (Phi) is 14.9. The van der Waals surface area contributed by atoms with E-state index >= 15 is 0 Å². The Morgan fingerprint density at radius 2 is 0.952 bits per heavy atom. The third kappa shape index (κ3) is 17.1. The third-order valence-corrected chi connectivity index (χ3v) is 3.99. The molecule has 0 aliphatic carbocycles. The molecule has 124 valence electrons. The zero-order chi connectivity index (χ0) is 15.8. The number of unbranched alkanes of at least 4 members (excludes halogenated alkanes) is 11. The van der Waals surface area contributed by atoms with Gasteiger partial charge in [0, 0.05) is 19.3 Å². The molecule has 0 aliphatic rings. The molecule has 0 rings (SSSR count). The molecule has 21 heavy (non-hydrogen) atoms. The predicted octanol–water partition coefficient (Wildman–Crippen LogP) is 5.51. The van der Waals surface area contributed by atoms with E-state index in [0.717, 1.165) is 25.7 Å². The summed E-state index contributed by atoms with van der Waals surface area (Å²) in [6.45, 7) is 1.94. The molecule has 0 fully saturated rings. The number of rotatable bonds is 16. The standard InChI is InChI=1S/C18H34O3/c1-2-17(19)15-13-11-9-7-5-3-4-6-8-10-12-14-16-18(20)21/h2-16H2,1H3,(H,20,21). The molecule has 3 heteroatoms. The maximum absolute atomic E-state index is 11.1. The molecule has 0 unspecified atom stereocenters. The van der Waals surface area contributed by atoms with Gasteiger partial charge in [0.1, 0.15) is 5.78 Å². The first kappa shape index (κ1) is 20.1. The van der Waals surface area contributed by atoms with E-state index in [2.05, 4.69) is 0 Å². The molecule has 0 amide bonds. The van der Waals surface area contributed by atoms with Crippen molar-refractivity contribution in [1.29, 1.82) is 0 Å². The van der Waals surface area contributed by atoms with Gasteiger partial charge in [-0.1, -0.05) is 71.1 Å². The molecule has 0 saturated carbocycles. The lowest BCUT2D eigenvalue weighted by molar-refractivity contribution is -0.137. The molecule has 0 spiro atoms. The van der Waals surface area contributed by atoms with Gasteiger partial charge in [0.05, 0.1) is 0 Å². The van der Waals surface area contributed by atoms with Crippen molar-refractivity contribution in [3.05, 3.63) is 0 Å². The number of hydrogen-bond acceptors (Lipinski definition) is 2. The minimum absolute atomic E-state index is 0.323. The van der Waals surface area contributed by atoms with Crippen molar-refractivity contribution in [3.8, 4) is 0 Å². The highest BCUT2D eigenvalue weighted by Crippen LogP contribution is 2.13. The van der Waals surface area contributed by atoms with Crippen LogP contribution in [0.5, 0.6) is 0 Å². The van der Waals surface area contributed by atoms with Gasteiger partial charge in [-0.2, -0.15) is 0 Å². The largest absolute Gasteiger partial charge is 0.481 e. The summed E-state index contributed by atoms with van der Waals surface area (Å²) in [6.07, 6.45) is 16.2. The lowest BCUT2D eigenvalue weighted by Crippen LogP contribution is -1.94. The number of carboxylic acids is 1. The molecule has 0 saturated heterocycles. The molecular formula is C18H34O3. The summed E-state index contributed by atoms with van der Waals surface area (Å²) < 4.78 is 0. The molecule has 3 nitrogen and oxygen atoms in total. The highest BCUT2D eigenvalue weighted by molar-refractivity contribution is 5.77. The number of ketones is 1. The molecule has 0 heterocycles. The third-order valence-electron chi connectivity index (χ3n) is 3.99. The van der Waals surface area contributed by atoms with Crippen molar-refractivity contribution in [2.45, 2.75) is 103 Å². The SMILES string of the molecule is CCC(=O)CCCCCCCCCCCCCCC(=O)O. The van der Waals surface area contributed by atoms with Gasteiger partial charge in [0.2, 0.25) is 0 Å². The zero-order valence-electron chi connectivity index (χ0n) is 13.9. The molecule has 0 aromatic heterocycles. The molecule has 0 bridgehead atoms. The minimum Gasteiger partial charge on any atom is -0.481 e. The molecular weight excluding hydrogens is 264 g/mol. The first-order valence-corrected chi connectivity index (χ1v) is 8.90. The fraction of sp³-hybridized carbons (Fsp3) is 0.889. The van der Waals surface area contributed by atoms with E-state index in [0.29, 0.717) is 18.6 Å². The van der Waals surface area contributed by atoms with E-state index in [1.54, 1.807) is 0 Å². The first-order chi connectivity index (χ1) is 10.2. The molecule has 0 aliphatic heterocycles. The lowest BCUT2D eigenvalue weighted by atomic mass is 10.0. The summed E-state index contributed by atoms with van der Waals surface area (Å²) in [4.78, 5) is 21.5. The Bertz CT molecular complexity index is 261. The average molecular weight is 298 g/mol. The lowest BCUT2D eigenvalue weighted by Gasteiger charge is -2.03. The van der Waals surface area contributed by atoms with Crippen LogP contribution < -0.4 is 0 Å². The Hall–Kier alpha value is -0.860. The molecule has 0 aromatic rings. The zero-order valence-corrected chi connectivity index (χ0v) is 13.9. The van der Waals surface area contributed by atoms with Crippen molar-refractivity contribution in [3.63, 3.8) is 0 Å². The van der Waals surface area contributed by atoms with Crippen molar-refractivity contribution in [2.24, 2.45) is 0 Å². The number of aliphatic carboxylic acids is 1. The van der Waals surface area contributed by atoms with Gasteiger partial charge in [-0.15, -0.1) is 0 Å². The van der Waals surface area contributed by atoms with E-state index in [-0.39, 0.29) is 0 Å². The minimum atomic E-state index is -0.672. The number of carbonyl (C=O) groups is 2. The van der Waals surface area contributed by atoms with Crippen LogP contribution in [0.1, 0.15) is 103 Å². The van der Waals surface area contributed by atoms with Crippen LogP contribution in [-0.2, 0) is 9.59 Å². The van der Waals surface area contributed by atoms with Gasteiger partial charge in [0.15, 0.2) is 0 Å². The van der Waals surface area contributed by atoms with Gasteiger partial charge in [-0.25, -0.2) is 0 Å². The highest BCUT2D eigenvalue weighted by Gasteiger charge is 1.98. The predicted molar refractivity (Wildman–Crippen MR) is 87.6 cm³/mol. The first-order valence-electron chi connectivity index (χ1n) is 8.90. The van der Waals surface area contributed by atoms with Gasteiger partial charge in [-0.05, 0) is 12.8 Å². The van der Waals surface area contributed by atoms with Crippen LogP contribution in [0.15, 0.2) is 0 Å². The smallest absolute Gasteiger partial charge is 0.303 e. The van der Waals surface area contributed by atoms with Crippen molar-refractivity contribution in [1.82, 2.24) is 0 Å². The maximum Gasteiger partial charge on any atom is 0.303 e. The fourth-order valence-corrected chi connectivity index (χ4v) is 2.54. The second kappa shape index (κ2) is 15.5. The Balaban J connectivity index is 3.02. The average Bonchev–Trinajstić information content (AvgIpc) is 2.46. The number of hydrogen-bond donors (Lipinski definition) is 1. The van der Waals surface area contributed by atoms with Gasteiger partial charge >= 0.3 is 5.97 Å². The monoisotopic (exact) mass is 298 g/mol. The van der Waals surface area contributed by atoms with Crippen LogP contribution in [0, 0.1) is 0 Å². The summed E-state index contributed by atoms with van der Waals surface area (Å²) in [5.41, 5.74) is 0. The van der Waals surface area contributed by atoms with Crippen LogP contribution in [0.2, 0.25) is 0 Å². The second-order valence-corrected chi connectivity index (χ2v) is 6.03. The Morgan fingerprint density at radius 1 is 0.619 bits per heavy atom. The van der Waals surface area contributed by atoms with Crippen molar-refractivity contribution in [2.75, 3.05) is 0 Å². The van der Waals surface area contributed by atoms with Gasteiger partial charge in [-0.3, -0.25) is 9.59 Å². The molecule has 1 N–H and O–H groups in total. The molecule has 0 radical (unpaired) electrons. The molecule has 0 aromatic carbocycles. The van der Waals surface area contributed by atoms with E-state index in [9.17, 15) is 9.59 Å². The summed E-state index contributed by atoms with van der Waals surface area (Å²) in [5.74, 6) is -0.271. The summed E-state index contributed by atoms with van der Waals surface area (Å²) in [5, 5.41) is 8.51. The maximum atomic E-state index is 11.1. The van der Waals surface area contributed by atoms with Crippen LogP contribution in [0.3, 0.4) is 0 Å². The summed E-state index contributed by atoms with van der Waals surface area (Å²) in [7, 11) is 0. The normalized spacial score (nSPS) is 10.7. The van der Waals surface area contributed by atoms with E-state index in [4.69, 9.17) is 5.11 Å². The van der Waals surface area contributed by atoms with Crippen LogP contribution in [0.4, 0.5) is 0 Å². The fourth-order valence-electron chi connectivity index (χ4n) is 2.54. The number of carbonyl (C=O) groups excluding carboxylic acids is 1. The van der Waals surface area contributed by atoms with Crippen molar-refractivity contribution >= 4 is 11.8 Å². The number of carboxylic acid groups (broad SMARTS) is 1. The number of Topliss-reactive ketones (excluding diaryl/α,β-unsaturated/α-hetero) is 1. The second-order valence-electron chi connectivity index (χ2n) is 6.03. The van der Waals surface area contributed by atoms with E-state index in [1.807, 2.05) is 6.92 Å². The quantitative estimate of drug-likeness (QED) is 0.382. The Morgan fingerprint density at radius 3 is 1.29 bits per heavy atom. The van der Waals surface area contributed by atoms with Gasteiger partial charge < -0.3 is 5.11 Å². The topological polar surface area (TPSA) is 54.4 Å². The van der Waals surface area contributed by atoms with E-state index in [1.165, 1.54) is 57.8 Å².